The number of sulfonamides is 1. The van der Waals surface area contributed by atoms with E-state index < -0.39 is 10.0 Å². The standard InChI is InChI=1S/C14H16N4O2S/c1-14(2,3)12-8-13(17-16-12)18-21(19,20)11-7-5-4-6-10(11)9-15/h4-8H,1-3H3,(H2,16,17,18). The van der Waals surface area contributed by atoms with Gasteiger partial charge in [-0.1, -0.05) is 32.9 Å². The van der Waals surface area contributed by atoms with Gasteiger partial charge in [0.1, 0.15) is 11.0 Å². The summed E-state index contributed by atoms with van der Waals surface area (Å²) >= 11 is 0. The van der Waals surface area contributed by atoms with Crippen molar-refractivity contribution in [1.82, 2.24) is 10.2 Å². The summed E-state index contributed by atoms with van der Waals surface area (Å²) in [6.45, 7) is 5.97. The molecular formula is C14H16N4O2S. The lowest BCUT2D eigenvalue weighted by Gasteiger charge is -2.14. The lowest BCUT2D eigenvalue weighted by molar-refractivity contribution is 0.567. The minimum atomic E-state index is -3.84. The maximum absolute atomic E-state index is 12.3. The molecule has 0 unspecified atom stereocenters. The van der Waals surface area contributed by atoms with E-state index in [9.17, 15) is 8.42 Å². The molecule has 2 N–H and O–H groups in total. The Morgan fingerprint density at radius 3 is 2.52 bits per heavy atom. The molecule has 6 nitrogen and oxygen atoms in total. The van der Waals surface area contributed by atoms with Crippen LogP contribution in [0, 0.1) is 11.3 Å². The van der Waals surface area contributed by atoms with Crippen LogP contribution in [0.2, 0.25) is 0 Å². The van der Waals surface area contributed by atoms with Crippen molar-refractivity contribution < 1.29 is 8.42 Å². The van der Waals surface area contributed by atoms with Gasteiger partial charge in [-0.15, -0.1) is 0 Å². The SMILES string of the molecule is CC(C)(C)c1cc(NS(=O)(=O)c2ccccc2C#N)n[nH]1. The van der Waals surface area contributed by atoms with Crippen LogP contribution in [-0.2, 0) is 15.4 Å². The van der Waals surface area contributed by atoms with E-state index in [4.69, 9.17) is 5.26 Å². The minimum Gasteiger partial charge on any atom is -0.280 e. The van der Waals surface area contributed by atoms with Crippen molar-refractivity contribution in [2.24, 2.45) is 0 Å². The van der Waals surface area contributed by atoms with E-state index in [0.717, 1.165) is 5.69 Å². The van der Waals surface area contributed by atoms with Crippen LogP contribution in [0.15, 0.2) is 35.2 Å². The summed E-state index contributed by atoms with van der Waals surface area (Å²) in [6, 6.07) is 9.54. The van der Waals surface area contributed by atoms with Crippen molar-refractivity contribution in [1.29, 1.82) is 5.26 Å². The van der Waals surface area contributed by atoms with Crippen LogP contribution in [0.4, 0.5) is 5.82 Å². The van der Waals surface area contributed by atoms with Crippen LogP contribution < -0.4 is 4.72 Å². The van der Waals surface area contributed by atoms with E-state index in [0.29, 0.717) is 0 Å². The van der Waals surface area contributed by atoms with Gasteiger partial charge in [-0.3, -0.25) is 9.82 Å². The van der Waals surface area contributed by atoms with Crippen molar-refractivity contribution in [3.8, 4) is 6.07 Å². The summed E-state index contributed by atoms with van der Waals surface area (Å²) in [5.41, 5.74) is 0.742. The molecule has 110 valence electrons. The first-order valence-corrected chi connectivity index (χ1v) is 7.80. The average Bonchev–Trinajstić information content (AvgIpc) is 2.86. The fourth-order valence-electron chi connectivity index (χ4n) is 1.74. The Balaban J connectivity index is 2.34. The Morgan fingerprint density at radius 2 is 1.95 bits per heavy atom. The summed E-state index contributed by atoms with van der Waals surface area (Å²) in [5, 5.41) is 15.8. The molecule has 2 aromatic rings. The van der Waals surface area contributed by atoms with E-state index in [-0.39, 0.29) is 21.7 Å². The number of benzene rings is 1. The molecule has 1 aromatic carbocycles. The molecule has 0 radical (unpaired) electrons. The highest BCUT2D eigenvalue weighted by Crippen LogP contribution is 2.24. The molecule has 0 aliphatic rings. The van der Waals surface area contributed by atoms with Crippen molar-refractivity contribution in [2.75, 3.05) is 4.72 Å². The van der Waals surface area contributed by atoms with Crippen molar-refractivity contribution in [3.05, 3.63) is 41.6 Å². The van der Waals surface area contributed by atoms with Crippen LogP contribution in [0.25, 0.3) is 0 Å². The monoisotopic (exact) mass is 304 g/mol. The van der Waals surface area contributed by atoms with Crippen LogP contribution in [0.5, 0.6) is 0 Å². The zero-order valence-corrected chi connectivity index (χ0v) is 12.8. The molecule has 0 spiro atoms. The number of rotatable bonds is 3. The third-order valence-electron chi connectivity index (χ3n) is 2.92. The fourth-order valence-corrected chi connectivity index (χ4v) is 2.89. The Kier molecular flexibility index (Phi) is 3.75. The molecular weight excluding hydrogens is 288 g/mol. The van der Waals surface area contributed by atoms with Gasteiger partial charge in [0.05, 0.1) is 5.56 Å². The van der Waals surface area contributed by atoms with Gasteiger partial charge in [0.25, 0.3) is 10.0 Å². The van der Waals surface area contributed by atoms with Gasteiger partial charge in [-0.2, -0.15) is 10.4 Å². The molecule has 0 fully saturated rings. The largest absolute Gasteiger partial charge is 0.280 e. The molecule has 0 aliphatic heterocycles. The second kappa shape index (κ2) is 5.22. The first-order valence-electron chi connectivity index (χ1n) is 6.32. The number of nitrogens with one attached hydrogen (secondary N) is 2. The molecule has 1 heterocycles. The predicted octanol–water partition coefficient (Wildman–Crippen LogP) is 2.38. The smallest absolute Gasteiger partial charge is 0.264 e. The highest BCUT2D eigenvalue weighted by molar-refractivity contribution is 7.92. The van der Waals surface area contributed by atoms with Crippen LogP contribution >= 0.6 is 0 Å². The maximum Gasteiger partial charge on any atom is 0.264 e. The van der Waals surface area contributed by atoms with Crippen LogP contribution in [0.1, 0.15) is 32.0 Å². The number of aromatic nitrogens is 2. The van der Waals surface area contributed by atoms with Crippen LogP contribution in [0.3, 0.4) is 0 Å². The summed E-state index contributed by atoms with van der Waals surface area (Å²) in [5.74, 6) is 0.202. The van der Waals surface area contributed by atoms with Gasteiger partial charge < -0.3 is 0 Å². The normalized spacial score (nSPS) is 11.9. The lowest BCUT2D eigenvalue weighted by atomic mass is 9.92. The molecule has 1 aromatic heterocycles. The zero-order valence-electron chi connectivity index (χ0n) is 12.0. The predicted molar refractivity (Wildman–Crippen MR) is 79.3 cm³/mol. The molecule has 0 saturated heterocycles. The number of nitrogens with zero attached hydrogens (tertiary/aromatic N) is 2. The van der Waals surface area contributed by atoms with Crippen molar-refractivity contribution >= 4 is 15.8 Å². The molecule has 2 rings (SSSR count). The molecule has 0 amide bonds. The number of hydrogen-bond acceptors (Lipinski definition) is 4. The number of nitriles is 1. The zero-order chi connectivity index (χ0) is 15.7. The molecule has 0 aliphatic carbocycles. The molecule has 0 atom stereocenters. The fraction of sp³-hybridized carbons (Fsp3) is 0.286. The third-order valence-corrected chi connectivity index (χ3v) is 4.33. The minimum absolute atomic E-state index is 0.0622. The quantitative estimate of drug-likeness (QED) is 0.909. The van der Waals surface area contributed by atoms with Gasteiger partial charge in [-0.05, 0) is 12.1 Å². The first kappa shape index (κ1) is 15.1. The van der Waals surface area contributed by atoms with Gasteiger partial charge in [0, 0.05) is 17.2 Å². The number of anilines is 1. The summed E-state index contributed by atoms with van der Waals surface area (Å²) < 4.78 is 27.0. The van der Waals surface area contributed by atoms with Gasteiger partial charge >= 0.3 is 0 Å². The van der Waals surface area contributed by atoms with Crippen molar-refractivity contribution in [3.63, 3.8) is 0 Å². The number of hydrogen-bond donors (Lipinski definition) is 2. The Hall–Kier alpha value is -2.33. The van der Waals surface area contributed by atoms with E-state index in [1.54, 1.807) is 18.2 Å². The molecule has 0 bridgehead atoms. The molecule has 7 heteroatoms. The van der Waals surface area contributed by atoms with Crippen LogP contribution in [-0.4, -0.2) is 18.6 Å². The first-order chi connectivity index (χ1) is 9.74. The van der Waals surface area contributed by atoms with Gasteiger partial charge in [0.2, 0.25) is 0 Å². The third kappa shape index (κ3) is 3.23. The second-order valence-corrected chi connectivity index (χ2v) is 7.28. The highest BCUT2D eigenvalue weighted by Gasteiger charge is 2.21. The van der Waals surface area contributed by atoms with E-state index in [1.807, 2.05) is 26.8 Å². The average molecular weight is 304 g/mol. The topological polar surface area (TPSA) is 98.6 Å². The summed E-state index contributed by atoms with van der Waals surface area (Å²) in [6.07, 6.45) is 0. The summed E-state index contributed by atoms with van der Waals surface area (Å²) in [4.78, 5) is -0.0622. The van der Waals surface area contributed by atoms with Crippen molar-refractivity contribution in [2.45, 2.75) is 31.1 Å². The number of H-pyrrole nitrogens is 1. The Morgan fingerprint density at radius 1 is 1.29 bits per heavy atom. The van der Waals surface area contributed by atoms with Gasteiger partial charge in [0.15, 0.2) is 5.82 Å². The van der Waals surface area contributed by atoms with E-state index >= 15 is 0 Å². The molecule has 0 saturated carbocycles. The maximum atomic E-state index is 12.3. The Bertz CT molecular complexity index is 795. The number of aromatic amines is 1. The van der Waals surface area contributed by atoms with Gasteiger partial charge in [-0.25, -0.2) is 8.42 Å². The Labute approximate surface area is 123 Å². The molecule has 21 heavy (non-hydrogen) atoms. The lowest BCUT2D eigenvalue weighted by Crippen LogP contribution is -2.14. The second-order valence-electron chi connectivity index (χ2n) is 5.63. The van der Waals surface area contributed by atoms with E-state index in [2.05, 4.69) is 14.9 Å². The van der Waals surface area contributed by atoms with E-state index in [1.165, 1.54) is 12.1 Å². The summed E-state index contributed by atoms with van der Waals surface area (Å²) in [7, 11) is -3.84. The highest BCUT2D eigenvalue weighted by atomic mass is 32.2.